The van der Waals surface area contributed by atoms with Gasteiger partial charge in [-0.05, 0) is 36.8 Å². The highest BCUT2D eigenvalue weighted by molar-refractivity contribution is 5.85. The first-order valence-corrected chi connectivity index (χ1v) is 11.2. The summed E-state index contributed by atoms with van der Waals surface area (Å²) in [4.78, 5) is 3.18. The first-order valence-electron chi connectivity index (χ1n) is 11.2. The fraction of sp³-hybridized carbons (Fsp3) is 0.308. The molecule has 158 valence electrons. The normalized spacial score (nSPS) is 20.1. The molecule has 1 aromatic heterocycles. The van der Waals surface area contributed by atoms with Gasteiger partial charge in [-0.2, -0.15) is 0 Å². The van der Waals surface area contributed by atoms with Crippen molar-refractivity contribution in [3.63, 3.8) is 0 Å². The van der Waals surface area contributed by atoms with Crippen LogP contribution < -0.4 is 9.80 Å². The largest absolute Gasteiger partial charge is 0.415 e. The van der Waals surface area contributed by atoms with Crippen LogP contribution in [0.3, 0.4) is 0 Å². The van der Waals surface area contributed by atoms with Crippen molar-refractivity contribution in [2.75, 3.05) is 26.2 Å². The van der Waals surface area contributed by atoms with Gasteiger partial charge < -0.3 is 14.2 Å². The van der Waals surface area contributed by atoms with Crippen molar-refractivity contribution < 1.29 is 14.2 Å². The highest BCUT2D eigenvalue weighted by Crippen LogP contribution is 2.21. The summed E-state index contributed by atoms with van der Waals surface area (Å²) < 4.78 is 6.06. The lowest BCUT2D eigenvalue weighted by Gasteiger charge is -2.32. The minimum Gasteiger partial charge on any atom is -0.415 e. The molecule has 0 radical (unpaired) electrons. The number of quaternary nitrogens is 2. The maximum atomic E-state index is 6.06. The second-order valence-electron chi connectivity index (χ2n) is 8.76. The topological polar surface area (TPSA) is 47.8 Å². The number of nitrogens with one attached hydrogen (secondary N) is 2. The van der Waals surface area contributed by atoms with E-state index in [2.05, 4.69) is 78.6 Å². The van der Waals surface area contributed by atoms with E-state index in [0.717, 1.165) is 44.2 Å². The maximum absolute atomic E-state index is 6.06. The molecular weight excluding hydrogens is 384 g/mol. The van der Waals surface area contributed by atoms with Crippen LogP contribution in [0.2, 0.25) is 0 Å². The summed E-state index contributed by atoms with van der Waals surface area (Å²) in [6.45, 7) is 9.91. The maximum Gasteiger partial charge on any atom is 0.274 e. The average Bonchev–Trinajstić information content (AvgIpc) is 3.30. The van der Waals surface area contributed by atoms with Crippen LogP contribution in [-0.2, 0) is 6.54 Å². The predicted molar refractivity (Wildman–Crippen MR) is 122 cm³/mol. The third-order valence-corrected chi connectivity index (χ3v) is 6.61. The van der Waals surface area contributed by atoms with Gasteiger partial charge in [-0.25, -0.2) is 0 Å². The lowest BCUT2D eigenvalue weighted by Crippen LogP contribution is -3.27. The third kappa shape index (κ3) is 4.24. The van der Waals surface area contributed by atoms with E-state index in [1.807, 2.05) is 12.1 Å². The third-order valence-electron chi connectivity index (χ3n) is 6.61. The SMILES string of the molecule is Cc1cccc(-c2nnc([C@H](C)[NH+]3CC[NH+](Cc4cccc5ccccc45)CC3)o2)c1. The van der Waals surface area contributed by atoms with E-state index in [1.165, 1.54) is 26.8 Å². The number of piperazine rings is 1. The van der Waals surface area contributed by atoms with Crippen LogP contribution >= 0.6 is 0 Å². The second-order valence-corrected chi connectivity index (χ2v) is 8.76. The monoisotopic (exact) mass is 414 g/mol. The average molecular weight is 415 g/mol. The van der Waals surface area contributed by atoms with Crippen LogP contribution in [0.5, 0.6) is 0 Å². The molecule has 0 amide bonds. The molecule has 0 unspecified atom stereocenters. The molecule has 0 bridgehead atoms. The van der Waals surface area contributed by atoms with Crippen LogP contribution in [0, 0.1) is 6.92 Å². The Morgan fingerprint density at radius 1 is 0.903 bits per heavy atom. The van der Waals surface area contributed by atoms with Crippen LogP contribution in [0.25, 0.3) is 22.2 Å². The van der Waals surface area contributed by atoms with Crippen molar-refractivity contribution in [1.82, 2.24) is 10.2 Å². The van der Waals surface area contributed by atoms with E-state index in [4.69, 9.17) is 4.42 Å². The molecule has 0 spiro atoms. The lowest BCUT2D eigenvalue weighted by molar-refractivity contribution is -1.03. The van der Waals surface area contributed by atoms with E-state index in [9.17, 15) is 0 Å². The Kier molecular flexibility index (Phi) is 5.53. The van der Waals surface area contributed by atoms with Gasteiger partial charge in [-0.1, -0.05) is 60.2 Å². The lowest BCUT2D eigenvalue weighted by atomic mass is 10.0. The summed E-state index contributed by atoms with van der Waals surface area (Å²) in [5, 5.41) is 11.4. The Balaban J connectivity index is 1.22. The van der Waals surface area contributed by atoms with Gasteiger partial charge in [0.15, 0.2) is 6.04 Å². The Morgan fingerprint density at radius 2 is 1.68 bits per heavy atom. The minimum absolute atomic E-state index is 0.213. The molecule has 5 rings (SSSR count). The summed E-state index contributed by atoms with van der Waals surface area (Å²) in [7, 11) is 0. The summed E-state index contributed by atoms with van der Waals surface area (Å²) in [5.41, 5.74) is 3.64. The van der Waals surface area contributed by atoms with Crippen LogP contribution in [0.15, 0.2) is 71.1 Å². The van der Waals surface area contributed by atoms with Crippen LogP contribution in [0.1, 0.15) is 30.0 Å². The van der Waals surface area contributed by atoms with Crippen molar-refractivity contribution >= 4 is 10.8 Å². The highest BCUT2D eigenvalue weighted by atomic mass is 16.4. The quantitative estimate of drug-likeness (QED) is 0.527. The number of hydrogen-bond acceptors (Lipinski definition) is 3. The van der Waals surface area contributed by atoms with E-state index < -0.39 is 0 Å². The van der Waals surface area contributed by atoms with E-state index >= 15 is 0 Å². The molecule has 1 fully saturated rings. The molecule has 2 N–H and O–H groups in total. The Morgan fingerprint density at radius 3 is 2.52 bits per heavy atom. The Hall–Kier alpha value is -3.02. The standard InChI is InChI=1S/C26H28N4O/c1-19-7-5-10-22(17-19)26-28-27-25(31-26)20(2)30-15-13-29(14-16-30)18-23-11-6-9-21-8-3-4-12-24(21)23/h3-12,17,20H,13-16,18H2,1-2H3/p+2/t20-/m0/s1. The smallest absolute Gasteiger partial charge is 0.274 e. The molecule has 31 heavy (non-hydrogen) atoms. The van der Waals surface area contributed by atoms with Crippen molar-refractivity contribution in [2.45, 2.75) is 26.4 Å². The zero-order valence-corrected chi connectivity index (χ0v) is 18.3. The Bertz CT molecular complexity index is 1170. The van der Waals surface area contributed by atoms with Crippen molar-refractivity contribution in [2.24, 2.45) is 0 Å². The molecule has 5 heteroatoms. The van der Waals surface area contributed by atoms with Crippen molar-refractivity contribution in [3.05, 3.63) is 83.7 Å². The number of nitrogens with zero attached hydrogens (tertiary/aromatic N) is 2. The van der Waals surface area contributed by atoms with E-state index in [1.54, 1.807) is 4.90 Å². The summed E-state index contributed by atoms with van der Waals surface area (Å²) in [5.74, 6) is 1.36. The molecule has 1 aliphatic rings. The first kappa shape index (κ1) is 19.9. The fourth-order valence-electron chi connectivity index (χ4n) is 4.73. The number of aromatic nitrogens is 2. The van der Waals surface area contributed by atoms with Gasteiger partial charge in [-0.15, -0.1) is 10.2 Å². The molecule has 3 aromatic carbocycles. The van der Waals surface area contributed by atoms with Gasteiger partial charge >= 0.3 is 0 Å². The Labute approximate surface area is 183 Å². The zero-order chi connectivity index (χ0) is 21.2. The van der Waals surface area contributed by atoms with Gasteiger partial charge in [0.25, 0.3) is 5.89 Å². The number of fused-ring (bicyclic) bond motifs is 1. The molecule has 1 atom stereocenters. The van der Waals surface area contributed by atoms with Gasteiger partial charge in [0.1, 0.15) is 32.7 Å². The van der Waals surface area contributed by atoms with Crippen molar-refractivity contribution in [1.29, 1.82) is 0 Å². The van der Waals surface area contributed by atoms with Crippen LogP contribution in [0.4, 0.5) is 0 Å². The molecular formula is C26H30N4O+2. The fourth-order valence-corrected chi connectivity index (χ4v) is 4.73. The zero-order valence-electron chi connectivity index (χ0n) is 18.3. The molecule has 1 aliphatic heterocycles. The molecule has 2 heterocycles. The van der Waals surface area contributed by atoms with Gasteiger partial charge in [0, 0.05) is 11.1 Å². The minimum atomic E-state index is 0.213. The molecule has 0 saturated carbocycles. The molecule has 0 aliphatic carbocycles. The number of benzene rings is 3. The van der Waals surface area contributed by atoms with Crippen LogP contribution in [-0.4, -0.2) is 36.4 Å². The highest BCUT2D eigenvalue weighted by Gasteiger charge is 2.31. The first-order chi connectivity index (χ1) is 15.2. The van der Waals surface area contributed by atoms with Gasteiger partial charge in [-0.3, -0.25) is 0 Å². The summed E-state index contributed by atoms with van der Waals surface area (Å²) >= 11 is 0. The van der Waals surface area contributed by atoms with Gasteiger partial charge in [0.2, 0.25) is 5.89 Å². The summed E-state index contributed by atoms with van der Waals surface area (Å²) in [6.07, 6.45) is 0. The predicted octanol–water partition coefficient (Wildman–Crippen LogP) is 2.24. The number of aryl methyl sites for hydroxylation is 1. The number of rotatable bonds is 5. The summed E-state index contributed by atoms with van der Waals surface area (Å²) in [6, 6.07) is 23.8. The van der Waals surface area contributed by atoms with E-state index in [0.29, 0.717) is 5.89 Å². The number of hydrogen-bond donors (Lipinski definition) is 2. The molecule has 1 saturated heterocycles. The van der Waals surface area contributed by atoms with Gasteiger partial charge in [0.05, 0.1) is 0 Å². The van der Waals surface area contributed by atoms with Crippen molar-refractivity contribution in [3.8, 4) is 11.5 Å². The molecule has 4 aromatic rings. The van der Waals surface area contributed by atoms with E-state index in [-0.39, 0.29) is 6.04 Å². The molecule has 5 nitrogen and oxygen atoms in total. The second kappa shape index (κ2) is 8.61.